The molecule has 156 valence electrons. The average molecular weight is 424 g/mol. The van der Waals surface area contributed by atoms with Gasteiger partial charge in [-0.1, -0.05) is 6.07 Å². The molecule has 2 fully saturated rings. The molecule has 2 aromatic rings. The first kappa shape index (κ1) is 19.3. The highest BCUT2D eigenvalue weighted by Gasteiger charge is 2.43. The van der Waals surface area contributed by atoms with Gasteiger partial charge in [-0.25, -0.2) is 4.90 Å². The Labute approximate surface area is 180 Å². The second kappa shape index (κ2) is 8.24. The molecular formula is C23H25N3O3S. The average Bonchev–Trinajstić information content (AvgIpc) is 3.41. The number of anilines is 2. The normalized spacial score (nSPS) is 20.5. The quantitative estimate of drug-likeness (QED) is 0.706. The second-order valence-electron chi connectivity index (χ2n) is 7.81. The Hall–Kier alpha value is -2.64. The molecule has 7 heteroatoms. The maximum atomic E-state index is 13.5. The molecule has 0 spiro atoms. The van der Waals surface area contributed by atoms with E-state index in [0.717, 1.165) is 23.7 Å². The Balaban J connectivity index is 1.47. The van der Waals surface area contributed by atoms with E-state index < -0.39 is 0 Å². The van der Waals surface area contributed by atoms with E-state index in [1.807, 2.05) is 46.7 Å². The van der Waals surface area contributed by atoms with E-state index in [0.29, 0.717) is 43.3 Å². The summed E-state index contributed by atoms with van der Waals surface area (Å²) < 4.78 is 5.45. The number of imide groups is 1. The van der Waals surface area contributed by atoms with E-state index in [1.165, 1.54) is 35.5 Å². The third kappa shape index (κ3) is 3.42. The molecule has 4 heterocycles. The van der Waals surface area contributed by atoms with Crippen LogP contribution in [-0.4, -0.2) is 56.1 Å². The zero-order chi connectivity index (χ0) is 20.5. The summed E-state index contributed by atoms with van der Waals surface area (Å²) in [4.78, 5) is 33.4. The summed E-state index contributed by atoms with van der Waals surface area (Å²) in [6.45, 7) is 4.48. The van der Waals surface area contributed by atoms with E-state index >= 15 is 0 Å². The smallest absolute Gasteiger partial charge is 0.282 e. The van der Waals surface area contributed by atoms with Gasteiger partial charge in [0.25, 0.3) is 11.8 Å². The Morgan fingerprint density at radius 2 is 1.47 bits per heavy atom. The lowest BCUT2D eigenvalue weighted by Gasteiger charge is -2.30. The Morgan fingerprint density at radius 1 is 0.767 bits per heavy atom. The van der Waals surface area contributed by atoms with Crippen LogP contribution in [0.2, 0.25) is 0 Å². The number of benzene rings is 1. The number of nitrogens with zero attached hydrogens (tertiary/aromatic N) is 3. The van der Waals surface area contributed by atoms with Gasteiger partial charge >= 0.3 is 0 Å². The number of rotatable bonds is 4. The van der Waals surface area contributed by atoms with Crippen molar-refractivity contribution >= 4 is 40.1 Å². The van der Waals surface area contributed by atoms with E-state index in [1.54, 1.807) is 0 Å². The Kier molecular flexibility index (Phi) is 5.31. The summed E-state index contributed by atoms with van der Waals surface area (Å²) in [6, 6.07) is 11.7. The molecule has 2 amide bonds. The van der Waals surface area contributed by atoms with Crippen molar-refractivity contribution in [1.29, 1.82) is 0 Å². The fourth-order valence-corrected chi connectivity index (χ4v) is 5.20. The molecule has 0 atom stereocenters. The molecule has 6 nitrogen and oxygen atoms in total. The largest absolute Gasteiger partial charge is 0.378 e. The number of piperidine rings is 1. The molecule has 0 saturated carbocycles. The predicted octanol–water partition coefficient (Wildman–Crippen LogP) is 3.36. The first-order chi connectivity index (χ1) is 14.7. The van der Waals surface area contributed by atoms with Crippen LogP contribution in [0.3, 0.4) is 0 Å². The van der Waals surface area contributed by atoms with Gasteiger partial charge < -0.3 is 14.5 Å². The summed E-state index contributed by atoms with van der Waals surface area (Å²) in [5.74, 6) is -0.481. The zero-order valence-corrected chi connectivity index (χ0v) is 17.7. The molecule has 0 N–H and O–H groups in total. The maximum absolute atomic E-state index is 13.5. The lowest BCUT2D eigenvalue weighted by molar-refractivity contribution is -0.121. The topological polar surface area (TPSA) is 53.1 Å². The van der Waals surface area contributed by atoms with Crippen molar-refractivity contribution in [3.63, 3.8) is 0 Å². The molecule has 5 rings (SSSR count). The van der Waals surface area contributed by atoms with E-state index in [9.17, 15) is 9.59 Å². The zero-order valence-electron chi connectivity index (χ0n) is 16.9. The molecule has 0 aliphatic carbocycles. The molecule has 0 bridgehead atoms. The van der Waals surface area contributed by atoms with Crippen molar-refractivity contribution in [2.45, 2.75) is 19.3 Å². The number of hydrogen-bond donors (Lipinski definition) is 0. The highest BCUT2D eigenvalue weighted by Crippen LogP contribution is 2.37. The van der Waals surface area contributed by atoms with Gasteiger partial charge in [0, 0.05) is 36.7 Å². The number of thiophene rings is 1. The van der Waals surface area contributed by atoms with Crippen LogP contribution in [0.25, 0.3) is 5.57 Å². The summed E-state index contributed by atoms with van der Waals surface area (Å²) in [5.41, 5.74) is 2.79. The van der Waals surface area contributed by atoms with Crippen LogP contribution in [0.4, 0.5) is 11.4 Å². The molecule has 1 aromatic carbocycles. The van der Waals surface area contributed by atoms with Gasteiger partial charge in [0.1, 0.15) is 5.70 Å². The van der Waals surface area contributed by atoms with E-state index in [2.05, 4.69) is 4.90 Å². The van der Waals surface area contributed by atoms with Crippen molar-refractivity contribution in [1.82, 2.24) is 4.90 Å². The van der Waals surface area contributed by atoms with Gasteiger partial charge in [-0.05, 0) is 55.0 Å². The first-order valence-electron chi connectivity index (χ1n) is 10.6. The van der Waals surface area contributed by atoms with Crippen molar-refractivity contribution in [3.05, 3.63) is 52.4 Å². The van der Waals surface area contributed by atoms with Crippen molar-refractivity contribution in [3.8, 4) is 0 Å². The third-order valence-electron chi connectivity index (χ3n) is 5.98. The van der Waals surface area contributed by atoms with Crippen LogP contribution in [0.5, 0.6) is 0 Å². The number of amides is 2. The predicted molar refractivity (Wildman–Crippen MR) is 119 cm³/mol. The van der Waals surface area contributed by atoms with Gasteiger partial charge in [-0.3, -0.25) is 9.59 Å². The van der Waals surface area contributed by atoms with E-state index in [-0.39, 0.29) is 11.8 Å². The summed E-state index contributed by atoms with van der Waals surface area (Å²) >= 11 is 1.49. The third-order valence-corrected chi connectivity index (χ3v) is 6.87. The Bertz CT molecular complexity index is 956. The number of morpholine rings is 1. The summed E-state index contributed by atoms with van der Waals surface area (Å²) in [6.07, 6.45) is 3.70. The minimum Gasteiger partial charge on any atom is -0.378 e. The van der Waals surface area contributed by atoms with Crippen molar-refractivity contribution in [2.24, 2.45) is 0 Å². The lowest BCUT2D eigenvalue weighted by Crippen LogP contribution is -2.40. The van der Waals surface area contributed by atoms with E-state index in [4.69, 9.17) is 4.74 Å². The minimum absolute atomic E-state index is 0.240. The monoisotopic (exact) mass is 423 g/mol. The van der Waals surface area contributed by atoms with Crippen LogP contribution in [0.15, 0.2) is 47.5 Å². The molecule has 3 aliphatic rings. The SMILES string of the molecule is O=C1C(c2cccs2)=C(N2CCOCC2)C(=O)N1c1ccc(N2CCCCC2)cc1. The number of carbonyl (C=O) groups excluding carboxylic acids is 2. The van der Waals surface area contributed by atoms with Gasteiger partial charge in [0.2, 0.25) is 0 Å². The number of ether oxygens (including phenoxy) is 1. The van der Waals surface area contributed by atoms with Crippen LogP contribution in [0, 0.1) is 0 Å². The molecule has 0 unspecified atom stereocenters. The fourth-order valence-electron chi connectivity index (χ4n) is 4.44. The number of hydrogen-bond acceptors (Lipinski definition) is 6. The van der Waals surface area contributed by atoms with Crippen molar-refractivity contribution in [2.75, 3.05) is 49.2 Å². The van der Waals surface area contributed by atoms with Gasteiger partial charge in [-0.2, -0.15) is 0 Å². The second-order valence-corrected chi connectivity index (χ2v) is 8.76. The Morgan fingerprint density at radius 3 is 2.13 bits per heavy atom. The summed E-state index contributed by atoms with van der Waals surface area (Å²) in [5, 5.41) is 1.94. The van der Waals surface area contributed by atoms with Gasteiger partial charge in [0.15, 0.2) is 0 Å². The highest BCUT2D eigenvalue weighted by molar-refractivity contribution is 7.11. The molecule has 0 radical (unpaired) electrons. The molecular weight excluding hydrogens is 398 g/mol. The standard InChI is InChI=1S/C23H25N3O3S/c27-22-20(19-5-4-16-30-19)21(25-12-14-29-15-13-25)23(28)26(22)18-8-6-17(7-9-18)24-10-2-1-3-11-24/h4-9,16H,1-3,10-15H2. The van der Waals surface area contributed by atoms with Gasteiger partial charge in [-0.15, -0.1) is 11.3 Å². The molecule has 30 heavy (non-hydrogen) atoms. The van der Waals surface area contributed by atoms with Crippen LogP contribution in [-0.2, 0) is 14.3 Å². The van der Waals surface area contributed by atoms with Crippen LogP contribution in [0.1, 0.15) is 24.1 Å². The highest BCUT2D eigenvalue weighted by atomic mass is 32.1. The molecule has 3 aliphatic heterocycles. The maximum Gasteiger partial charge on any atom is 0.282 e. The number of carbonyl (C=O) groups is 2. The summed E-state index contributed by atoms with van der Waals surface area (Å²) in [7, 11) is 0. The van der Waals surface area contributed by atoms with Gasteiger partial charge in [0.05, 0.1) is 24.5 Å². The fraction of sp³-hybridized carbons (Fsp3) is 0.391. The molecule has 1 aromatic heterocycles. The van der Waals surface area contributed by atoms with Crippen LogP contribution < -0.4 is 9.80 Å². The minimum atomic E-state index is -0.241. The first-order valence-corrected chi connectivity index (χ1v) is 11.5. The molecule has 2 saturated heterocycles. The van der Waals surface area contributed by atoms with Crippen molar-refractivity contribution < 1.29 is 14.3 Å². The lowest BCUT2D eigenvalue weighted by atomic mass is 10.1. The van der Waals surface area contributed by atoms with Crippen LogP contribution >= 0.6 is 11.3 Å².